The fraction of sp³-hybridized carbons (Fsp3) is 0.385. The Bertz CT molecular complexity index is 426. The van der Waals surface area contributed by atoms with Crippen LogP contribution in [0.1, 0.15) is 5.56 Å². The Hall–Kier alpha value is -2.04. The number of carbonyl (C=O) groups is 2. The molecule has 1 aromatic carbocycles. The van der Waals surface area contributed by atoms with Gasteiger partial charge in [-0.05, 0) is 17.7 Å². The van der Waals surface area contributed by atoms with E-state index >= 15 is 0 Å². The van der Waals surface area contributed by atoms with Gasteiger partial charge in [0.2, 0.25) is 11.8 Å². The highest BCUT2D eigenvalue weighted by molar-refractivity contribution is 5.85. The number of rotatable bonds is 4. The van der Waals surface area contributed by atoms with E-state index in [9.17, 15) is 9.59 Å². The predicted molar refractivity (Wildman–Crippen MR) is 70.9 cm³/mol. The highest BCUT2D eigenvalue weighted by Crippen LogP contribution is 2.07. The van der Waals surface area contributed by atoms with Crippen LogP contribution in [-0.4, -0.2) is 49.3 Å². The van der Waals surface area contributed by atoms with Crippen LogP contribution >= 0.6 is 0 Å². The van der Waals surface area contributed by atoms with Gasteiger partial charge in [-0.2, -0.15) is 0 Å². The summed E-state index contributed by atoms with van der Waals surface area (Å²) >= 11 is 0. The molecule has 98 valence electrons. The van der Waals surface area contributed by atoms with Crippen molar-refractivity contribution in [2.75, 3.05) is 33.4 Å². The van der Waals surface area contributed by atoms with E-state index < -0.39 is 0 Å². The minimum absolute atomic E-state index is 0.0880. The van der Waals surface area contributed by atoms with Gasteiger partial charge >= 0.3 is 0 Å². The van der Waals surface area contributed by atoms with Crippen molar-refractivity contribution in [1.29, 1.82) is 0 Å². The third kappa shape index (κ3) is 4.08. The number of nitrogen functional groups attached to an aromatic ring is 1. The molecule has 0 aliphatic rings. The van der Waals surface area contributed by atoms with Gasteiger partial charge < -0.3 is 15.5 Å². The molecule has 18 heavy (non-hydrogen) atoms. The van der Waals surface area contributed by atoms with Crippen molar-refractivity contribution >= 4 is 17.5 Å². The molecule has 0 saturated carbocycles. The summed E-state index contributed by atoms with van der Waals surface area (Å²) < 4.78 is 0. The van der Waals surface area contributed by atoms with Crippen molar-refractivity contribution < 1.29 is 9.59 Å². The zero-order valence-corrected chi connectivity index (χ0v) is 11.0. The fourth-order valence-corrected chi connectivity index (χ4v) is 1.38. The Labute approximate surface area is 107 Å². The summed E-state index contributed by atoms with van der Waals surface area (Å²) in [6.07, 6.45) is 0.275. The van der Waals surface area contributed by atoms with Gasteiger partial charge in [0.1, 0.15) is 0 Å². The minimum Gasteiger partial charge on any atom is -0.399 e. The van der Waals surface area contributed by atoms with Gasteiger partial charge in [-0.25, -0.2) is 0 Å². The Morgan fingerprint density at radius 2 is 1.61 bits per heavy atom. The minimum atomic E-state index is -0.0943. The molecule has 0 heterocycles. The molecule has 0 aliphatic carbocycles. The van der Waals surface area contributed by atoms with E-state index in [2.05, 4.69) is 0 Å². The maximum atomic E-state index is 11.9. The summed E-state index contributed by atoms with van der Waals surface area (Å²) in [6, 6.07) is 7.14. The summed E-state index contributed by atoms with van der Waals surface area (Å²) in [5, 5.41) is 0. The topological polar surface area (TPSA) is 66.6 Å². The van der Waals surface area contributed by atoms with Crippen LogP contribution in [-0.2, 0) is 16.0 Å². The van der Waals surface area contributed by atoms with Crippen LogP contribution in [0.4, 0.5) is 5.69 Å². The molecule has 0 fully saturated rings. The zero-order valence-electron chi connectivity index (χ0n) is 11.0. The van der Waals surface area contributed by atoms with Crippen LogP contribution in [0.2, 0.25) is 0 Å². The van der Waals surface area contributed by atoms with Crippen molar-refractivity contribution in [3.05, 3.63) is 29.8 Å². The van der Waals surface area contributed by atoms with Crippen LogP contribution < -0.4 is 5.73 Å². The summed E-state index contributed by atoms with van der Waals surface area (Å²) in [7, 11) is 4.96. The van der Waals surface area contributed by atoms with Crippen molar-refractivity contribution in [3.8, 4) is 0 Å². The van der Waals surface area contributed by atoms with Gasteiger partial charge in [0.05, 0.1) is 13.0 Å². The first-order valence-corrected chi connectivity index (χ1v) is 5.68. The van der Waals surface area contributed by atoms with Gasteiger partial charge in [0.25, 0.3) is 0 Å². The molecule has 0 aliphatic heterocycles. The third-order valence-electron chi connectivity index (χ3n) is 2.63. The quantitative estimate of drug-likeness (QED) is 0.783. The van der Waals surface area contributed by atoms with E-state index in [1.165, 1.54) is 9.80 Å². The molecule has 0 saturated heterocycles. The Morgan fingerprint density at radius 1 is 1.06 bits per heavy atom. The SMILES string of the molecule is CN(C)C(=O)CN(C)C(=O)Cc1ccc(N)cc1. The van der Waals surface area contributed by atoms with Crippen LogP contribution in [0, 0.1) is 0 Å². The van der Waals surface area contributed by atoms with Crippen molar-refractivity contribution in [2.45, 2.75) is 6.42 Å². The first-order chi connectivity index (χ1) is 8.40. The van der Waals surface area contributed by atoms with Gasteiger partial charge in [-0.1, -0.05) is 12.1 Å². The average molecular weight is 249 g/mol. The molecule has 0 atom stereocenters. The van der Waals surface area contributed by atoms with Gasteiger partial charge in [-0.3, -0.25) is 9.59 Å². The lowest BCUT2D eigenvalue weighted by Crippen LogP contribution is -2.38. The number of likely N-dealkylation sites (N-methyl/N-ethyl adjacent to an activating group) is 2. The number of hydrogen-bond donors (Lipinski definition) is 1. The van der Waals surface area contributed by atoms with E-state index in [4.69, 9.17) is 5.73 Å². The van der Waals surface area contributed by atoms with Gasteiger partial charge in [0, 0.05) is 26.8 Å². The number of anilines is 1. The molecular weight excluding hydrogens is 230 g/mol. The van der Waals surface area contributed by atoms with E-state index in [1.54, 1.807) is 33.3 Å². The zero-order chi connectivity index (χ0) is 13.7. The monoisotopic (exact) mass is 249 g/mol. The largest absolute Gasteiger partial charge is 0.399 e. The number of hydrogen-bond acceptors (Lipinski definition) is 3. The van der Waals surface area contributed by atoms with Gasteiger partial charge in [-0.15, -0.1) is 0 Å². The number of benzene rings is 1. The lowest BCUT2D eigenvalue weighted by atomic mass is 10.1. The molecule has 5 heteroatoms. The molecular formula is C13H19N3O2. The maximum Gasteiger partial charge on any atom is 0.241 e. The lowest BCUT2D eigenvalue weighted by Gasteiger charge is -2.19. The summed E-state index contributed by atoms with van der Waals surface area (Å²) in [6.45, 7) is 0.0980. The predicted octanol–water partition coefficient (Wildman–Crippen LogP) is 0.358. The first-order valence-electron chi connectivity index (χ1n) is 5.68. The summed E-state index contributed by atoms with van der Waals surface area (Å²) in [5.74, 6) is -0.182. The maximum absolute atomic E-state index is 11.9. The van der Waals surface area contributed by atoms with Crippen LogP contribution in [0.15, 0.2) is 24.3 Å². The first kappa shape index (κ1) is 14.0. The normalized spacial score (nSPS) is 9.94. The molecule has 0 unspecified atom stereocenters. The Morgan fingerprint density at radius 3 is 2.11 bits per heavy atom. The second-order valence-electron chi connectivity index (χ2n) is 4.46. The van der Waals surface area contributed by atoms with Crippen LogP contribution in [0.3, 0.4) is 0 Å². The Balaban J connectivity index is 2.54. The molecule has 0 aromatic heterocycles. The summed E-state index contributed by atoms with van der Waals surface area (Å²) in [4.78, 5) is 26.2. The van der Waals surface area contributed by atoms with Gasteiger partial charge in [0.15, 0.2) is 0 Å². The molecule has 2 amide bonds. The molecule has 0 bridgehead atoms. The molecule has 0 spiro atoms. The number of amides is 2. The van der Waals surface area contributed by atoms with Crippen LogP contribution in [0.25, 0.3) is 0 Å². The number of nitrogens with zero attached hydrogens (tertiary/aromatic N) is 2. The highest BCUT2D eigenvalue weighted by atomic mass is 16.2. The molecule has 0 radical (unpaired) electrons. The van der Waals surface area contributed by atoms with E-state index in [1.807, 2.05) is 12.1 Å². The second-order valence-corrected chi connectivity index (χ2v) is 4.46. The second kappa shape index (κ2) is 6.05. The fourth-order valence-electron chi connectivity index (χ4n) is 1.38. The van der Waals surface area contributed by atoms with Crippen molar-refractivity contribution in [3.63, 3.8) is 0 Å². The third-order valence-corrected chi connectivity index (χ3v) is 2.63. The molecule has 5 nitrogen and oxygen atoms in total. The summed E-state index contributed by atoms with van der Waals surface area (Å²) in [5.41, 5.74) is 7.13. The lowest BCUT2D eigenvalue weighted by molar-refractivity contribution is -0.137. The van der Waals surface area contributed by atoms with Crippen molar-refractivity contribution in [1.82, 2.24) is 9.80 Å². The number of nitrogens with two attached hydrogens (primary N) is 1. The van der Waals surface area contributed by atoms with Crippen molar-refractivity contribution in [2.24, 2.45) is 0 Å². The molecule has 2 N–H and O–H groups in total. The molecule has 1 rings (SSSR count). The van der Waals surface area contributed by atoms with E-state index in [0.717, 1.165) is 5.56 Å². The standard InChI is InChI=1S/C13H19N3O2/c1-15(2)13(18)9-16(3)12(17)8-10-4-6-11(14)7-5-10/h4-7H,8-9,14H2,1-3H3. The van der Waals surface area contributed by atoms with E-state index in [-0.39, 0.29) is 24.8 Å². The highest BCUT2D eigenvalue weighted by Gasteiger charge is 2.14. The smallest absolute Gasteiger partial charge is 0.241 e. The molecule has 1 aromatic rings. The number of carbonyl (C=O) groups excluding carboxylic acids is 2. The Kier molecular flexibility index (Phi) is 4.71. The van der Waals surface area contributed by atoms with Crippen LogP contribution in [0.5, 0.6) is 0 Å². The average Bonchev–Trinajstić information content (AvgIpc) is 2.31. The van der Waals surface area contributed by atoms with E-state index in [0.29, 0.717) is 5.69 Å².